The molecule has 0 fully saturated rings. The molecule has 0 bridgehead atoms. The number of para-hydroxylation sites is 4. The molecule has 5 aromatic rings. The van der Waals surface area contributed by atoms with Gasteiger partial charge >= 0.3 is 0 Å². The van der Waals surface area contributed by atoms with Crippen LogP contribution in [-0.4, -0.2) is 22.8 Å². The van der Waals surface area contributed by atoms with Crippen molar-refractivity contribution < 1.29 is 4.74 Å². The van der Waals surface area contributed by atoms with Gasteiger partial charge in [-0.25, -0.2) is 4.68 Å². The first-order chi connectivity index (χ1) is 18.7. The Labute approximate surface area is 222 Å². The fourth-order valence-corrected chi connectivity index (χ4v) is 5.65. The maximum Gasteiger partial charge on any atom is 0.213 e. The van der Waals surface area contributed by atoms with Crippen LogP contribution in [-0.2, 0) is 6.54 Å². The molecular weight excluding hydrogens is 470 g/mol. The molecule has 6 heteroatoms. The van der Waals surface area contributed by atoms with Crippen molar-refractivity contribution in [2.24, 2.45) is 4.99 Å². The summed E-state index contributed by atoms with van der Waals surface area (Å²) in [6.45, 7) is 2.78. The molecule has 7 rings (SSSR count). The van der Waals surface area contributed by atoms with Crippen LogP contribution in [0.1, 0.15) is 28.4 Å². The number of benzene rings is 4. The van der Waals surface area contributed by atoms with E-state index in [-0.39, 0.29) is 6.04 Å². The fourth-order valence-electron chi connectivity index (χ4n) is 5.65. The molecule has 1 atom stereocenters. The molecule has 1 unspecified atom stereocenters. The average molecular weight is 498 g/mol. The molecule has 186 valence electrons. The molecule has 4 aromatic carbocycles. The zero-order valence-electron chi connectivity index (χ0n) is 21.3. The van der Waals surface area contributed by atoms with Gasteiger partial charge in [0.1, 0.15) is 5.75 Å². The van der Waals surface area contributed by atoms with Gasteiger partial charge < -0.3 is 9.64 Å². The number of methoxy groups -OCH3 is 1. The Hall–Kier alpha value is -4.84. The third kappa shape index (κ3) is 3.41. The van der Waals surface area contributed by atoms with Crippen molar-refractivity contribution in [2.45, 2.75) is 19.5 Å². The number of rotatable bonds is 5. The monoisotopic (exact) mass is 497 g/mol. The van der Waals surface area contributed by atoms with E-state index in [0.29, 0.717) is 6.54 Å². The summed E-state index contributed by atoms with van der Waals surface area (Å²) in [4.78, 5) is 10.0. The number of hydrogen-bond acceptors (Lipinski definition) is 5. The maximum absolute atomic E-state index is 5.90. The Bertz CT molecular complexity index is 1660. The Morgan fingerprint density at radius 1 is 0.763 bits per heavy atom. The van der Waals surface area contributed by atoms with Gasteiger partial charge in [0.25, 0.3) is 0 Å². The number of hydrogen-bond donors (Lipinski definition) is 0. The lowest BCUT2D eigenvalue weighted by Crippen LogP contribution is -2.43. The summed E-state index contributed by atoms with van der Waals surface area (Å²) in [5.74, 6) is 2.58. The highest BCUT2D eigenvalue weighted by Crippen LogP contribution is 2.52. The average Bonchev–Trinajstić information content (AvgIpc) is 3.47. The third-order valence-electron chi connectivity index (χ3n) is 7.33. The first kappa shape index (κ1) is 22.4. The molecule has 0 spiro atoms. The van der Waals surface area contributed by atoms with Crippen LogP contribution in [0.2, 0.25) is 0 Å². The van der Waals surface area contributed by atoms with Crippen LogP contribution in [0.3, 0.4) is 0 Å². The van der Waals surface area contributed by atoms with Gasteiger partial charge in [-0.15, -0.1) is 0 Å². The van der Waals surface area contributed by atoms with E-state index >= 15 is 0 Å². The smallest absolute Gasteiger partial charge is 0.213 e. The number of ether oxygens (including phenoxy) is 1. The van der Waals surface area contributed by atoms with Gasteiger partial charge in [0.15, 0.2) is 5.82 Å². The summed E-state index contributed by atoms with van der Waals surface area (Å²) in [6, 6.07) is 37.4. The highest BCUT2D eigenvalue weighted by molar-refractivity contribution is 6.18. The first-order valence-electron chi connectivity index (χ1n) is 12.8. The zero-order valence-corrected chi connectivity index (χ0v) is 21.3. The first-order valence-corrected chi connectivity index (χ1v) is 12.8. The van der Waals surface area contributed by atoms with Crippen molar-refractivity contribution >= 4 is 23.2 Å². The van der Waals surface area contributed by atoms with Crippen molar-refractivity contribution in [1.82, 2.24) is 9.78 Å². The molecule has 0 saturated heterocycles. The van der Waals surface area contributed by atoms with Crippen LogP contribution < -0.4 is 14.5 Å². The minimum atomic E-state index is -0.159. The zero-order chi connectivity index (χ0) is 25.6. The maximum atomic E-state index is 5.90. The SMILES string of the molecule is COc1ccccc1C1c2c(C)nn(-c3ccccc3)c2N=C2N(Cc3ccccc3)c3ccccc3N21. The van der Waals surface area contributed by atoms with Crippen LogP contribution in [0, 0.1) is 6.92 Å². The van der Waals surface area contributed by atoms with E-state index in [9.17, 15) is 0 Å². The minimum Gasteiger partial charge on any atom is -0.496 e. The highest BCUT2D eigenvalue weighted by atomic mass is 16.5. The van der Waals surface area contributed by atoms with Crippen LogP contribution in [0.4, 0.5) is 17.2 Å². The Morgan fingerprint density at radius 3 is 2.18 bits per heavy atom. The lowest BCUT2D eigenvalue weighted by atomic mass is 9.94. The number of anilines is 2. The number of guanidine groups is 1. The number of nitrogens with zero attached hydrogens (tertiary/aromatic N) is 5. The van der Waals surface area contributed by atoms with E-state index in [4.69, 9.17) is 14.8 Å². The number of aromatic nitrogens is 2. The topological polar surface area (TPSA) is 45.9 Å². The summed E-state index contributed by atoms with van der Waals surface area (Å²) in [7, 11) is 1.73. The summed E-state index contributed by atoms with van der Waals surface area (Å²) >= 11 is 0. The standard InChI is InChI=1S/C32H27N5O/c1-22-29-30(25-17-9-12-20-28(25)38-2)36-27-19-11-10-18-26(27)35(21-23-13-5-3-6-14-23)32(36)33-31(29)37(34-22)24-15-7-4-8-16-24/h3-20,30H,21H2,1-2H3. The van der Waals surface area contributed by atoms with E-state index in [1.54, 1.807) is 7.11 Å². The van der Waals surface area contributed by atoms with Crippen molar-refractivity contribution in [3.05, 3.63) is 132 Å². The summed E-state index contributed by atoms with van der Waals surface area (Å²) < 4.78 is 7.87. The lowest BCUT2D eigenvalue weighted by Gasteiger charge is -2.35. The molecule has 38 heavy (non-hydrogen) atoms. The van der Waals surface area contributed by atoms with E-state index in [2.05, 4.69) is 95.6 Å². The molecule has 1 aromatic heterocycles. The number of fused-ring (bicyclic) bond motifs is 4. The van der Waals surface area contributed by atoms with Gasteiger partial charge in [-0.3, -0.25) is 4.90 Å². The van der Waals surface area contributed by atoms with Gasteiger partial charge in [-0.05, 0) is 42.8 Å². The number of aryl methyl sites for hydroxylation is 1. The summed E-state index contributed by atoms with van der Waals surface area (Å²) in [5, 5.41) is 5.01. The van der Waals surface area contributed by atoms with Crippen LogP contribution in [0.15, 0.2) is 114 Å². The van der Waals surface area contributed by atoms with Crippen molar-refractivity contribution in [1.29, 1.82) is 0 Å². The van der Waals surface area contributed by atoms with Gasteiger partial charge in [0, 0.05) is 11.1 Å². The minimum absolute atomic E-state index is 0.159. The fraction of sp³-hybridized carbons (Fsp3) is 0.125. The van der Waals surface area contributed by atoms with Crippen LogP contribution in [0.25, 0.3) is 5.69 Å². The van der Waals surface area contributed by atoms with Crippen LogP contribution >= 0.6 is 0 Å². The van der Waals surface area contributed by atoms with E-state index < -0.39 is 0 Å². The predicted molar refractivity (Wildman–Crippen MR) is 152 cm³/mol. The van der Waals surface area contributed by atoms with Crippen molar-refractivity contribution in [2.75, 3.05) is 16.9 Å². The second kappa shape index (κ2) is 8.92. The van der Waals surface area contributed by atoms with Gasteiger partial charge in [-0.1, -0.05) is 78.9 Å². The third-order valence-corrected chi connectivity index (χ3v) is 7.33. The Balaban J connectivity index is 1.50. The van der Waals surface area contributed by atoms with Crippen LogP contribution in [0.5, 0.6) is 5.75 Å². The van der Waals surface area contributed by atoms with Crippen molar-refractivity contribution in [3.63, 3.8) is 0 Å². The molecule has 6 nitrogen and oxygen atoms in total. The molecule has 0 saturated carbocycles. The molecule has 0 amide bonds. The Morgan fingerprint density at radius 2 is 1.42 bits per heavy atom. The number of aliphatic imine (C=N–C) groups is 1. The van der Waals surface area contributed by atoms with Crippen molar-refractivity contribution in [3.8, 4) is 11.4 Å². The summed E-state index contributed by atoms with van der Waals surface area (Å²) in [6.07, 6.45) is 0. The van der Waals surface area contributed by atoms with Gasteiger partial charge in [0.05, 0.1) is 42.5 Å². The normalized spacial score (nSPS) is 15.5. The molecule has 2 aliphatic heterocycles. The molecule has 0 aliphatic carbocycles. The largest absolute Gasteiger partial charge is 0.496 e. The second-order valence-electron chi connectivity index (χ2n) is 9.56. The quantitative estimate of drug-likeness (QED) is 0.268. The summed E-state index contributed by atoms with van der Waals surface area (Å²) in [5.41, 5.74) is 7.57. The Kier molecular flexibility index (Phi) is 5.25. The van der Waals surface area contributed by atoms with E-state index in [1.165, 1.54) is 5.56 Å². The molecule has 0 radical (unpaired) electrons. The van der Waals surface area contributed by atoms with E-state index in [0.717, 1.165) is 51.4 Å². The highest BCUT2D eigenvalue weighted by Gasteiger charge is 2.45. The predicted octanol–water partition coefficient (Wildman–Crippen LogP) is 6.81. The van der Waals surface area contributed by atoms with Gasteiger partial charge in [0.2, 0.25) is 5.96 Å². The second-order valence-corrected chi connectivity index (χ2v) is 9.56. The molecular formula is C32H27N5O. The van der Waals surface area contributed by atoms with E-state index in [1.807, 2.05) is 35.0 Å². The van der Waals surface area contributed by atoms with Gasteiger partial charge in [-0.2, -0.15) is 10.1 Å². The molecule has 0 N–H and O–H groups in total. The lowest BCUT2D eigenvalue weighted by molar-refractivity contribution is 0.407. The molecule has 3 heterocycles. The molecule has 2 aliphatic rings.